The van der Waals surface area contributed by atoms with Crippen molar-refractivity contribution in [2.75, 3.05) is 0 Å². The van der Waals surface area contributed by atoms with Crippen LogP contribution in [0.15, 0.2) is 36.5 Å². The molecule has 0 N–H and O–H groups in total. The zero-order chi connectivity index (χ0) is 12.8. The van der Waals surface area contributed by atoms with Crippen LogP contribution in [0.3, 0.4) is 0 Å². The van der Waals surface area contributed by atoms with Crippen LogP contribution in [-0.4, -0.2) is 11.3 Å². The molecule has 1 aliphatic heterocycles. The Hall–Kier alpha value is -2.17. The van der Waals surface area contributed by atoms with Gasteiger partial charge in [0.05, 0.1) is 0 Å². The molecule has 0 saturated carbocycles. The van der Waals surface area contributed by atoms with Gasteiger partial charge in [0.2, 0.25) is 0 Å². The number of fused-ring (bicyclic) bond motifs is 1. The molecule has 0 unspecified atom stereocenters. The Morgan fingerprint density at radius 3 is 2.61 bits per heavy atom. The minimum Gasteiger partial charge on any atom is -0.395 e. The van der Waals surface area contributed by atoms with E-state index in [2.05, 4.69) is 14.5 Å². The second-order valence-corrected chi connectivity index (χ2v) is 3.94. The molecule has 0 radical (unpaired) electrons. The molecule has 0 saturated heterocycles. The zero-order valence-electron chi connectivity index (χ0n) is 9.48. The number of hydrogen-bond acceptors (Lipinski definition) is 3. The fourth-order valence-corrected chi connectivity index (χ4v) is 1.95. The van der Waals surface area contributed by atoms with Gasteiger partial charge in [0, 0.05) is 23.0 Å². The first-order valence-corrected chi connectivity index (χ1v) is 5.38. The van der Waals surface area contributed by atoms with Gasteiger partial charge in [-0.25, -0.2) is 0 Å². The summed E-state index contributed by atoms with van der Waals surface area (Å²) in [6.07, 6.45) is -1.96. The summed E-state index contributed by atoms with van der Waals surface area (Å²) in [6, 6.07) is 8.35. The van der Waals surface area contributed by atoms with E-state index in [-0.39, 0.29) is 11.5 Å². The van der Waals surface area contributed by atoms with Gasteiger partial charge in [0.25, 0.3) is 0 Å². The lowest BCUT2D eigenvalue weighted by Crippen LogP contribution is -2.26. The van der Waals surface area contributed by atoms with Crippen molar-refractivity contribution in [1.29, 1.82) is 0 Å². The summed E-state index contributed by atoms with van der Waals surface area (Å²) in [5.41, 5.74) is 2.04. The highest BCUT2D eigenvalue weighted by Gasteiger charge is 2.44. The summed E-state index contributed by atoms with van der Waals surface area (Å²) in [7, 11) is 0. The van der Waals surface area contributed by atoms with E-state index in [0.29, 0.717) is 5.56 Å². The van der Waals surface area contributed by atoms with E-state index in [1.807, 2.05) is 6.92 Å². The average Bonchev–Trinajstić information content (AvgIpc) is 2.63. The molecule has 0 spiro atoms. The Morgan fingerprint density at radius 2 is 1.83 bits per heavy atom. The molecule has 0 atom stereocenters. The minimum atomic E-state index is -3.60. The molecule has 0 aliphatic carbocycles. The Bertz CT molecular complexity index is 614. The molecule has 0 amide bonds. The van der Waals surface area contributed by atoms with Crippen LogP contribution in [0.1, 0.15) is 5.69 Å². The number of rotatable bonds is 1. The van der Waals surface area contributed by atoms with Crippen molar-refractivity contribution in [3.8, 4) is 22.6 Å². The average molecular weight is 249 g/mol. The summed E-state index contributed by atoms with van der Waals surface area (Å²) in [4.78, 5) is 4.13. The maximum Gasteiger partial charge on any atom is 0.586 e. The smallest absolute Gasteiger partial charge is 0.395 e. The highest BCUT2D eigenvalue weighted by Crippen LogP contribution is 2.47. The van der Waals surface area contributed by atoms with E-state index >= 15 is 0 Å². The zero-order valence-corrected chi connectivity index (χ0v) is 9.48. The molecule has 5 heteroatoms. The van der Waals surface area contributed by atoms with Gasteiger partial charge < -0.3 is 9.47 Å². The predicted octanol–water partition coefficient (Wildman–Crippen LogP) is 3.38. The Morgan fingerprint density at radius 1 is 1.06 bits per heavy atom. The maximum atomic E-state index is 13.1. The molecule has 3 nitrogen and oxygen atoms in total. The number of pyridine rings is 1. The van der Waals surface area contributed by atoms with Gasteiger partial charge in [0.1, 0.15) is 0 Å². The second kappa shape index (κ2) is 3.66. The van der Waals surface area contributed by atoms with E-state index < -0.39 is 6.29 Å². The van der Waals surface area contributed by atoms with Crippen molar-refractivity contribution in [1.82, 2.24) is 4.98 Å². The van der Waals surface area contributed by atoms with E-state index in [1.54, 1.807) is 30.5 Å². The van der Waals surface area contributed by atoms with Crippen LogP contribution in [0.2, 0.25) is 0 Å². The molecule has 1 aliphatic rings. The minimum absolute atomic E-state index is 0.0424. The summed E-state index contributed by atoms with van der Waals surface area (Å²) in [5.74, 6) is 0.0966. The molecule has 1 aromatic carbocycles. The van der Waals surface area contributed by atoms with Gasteiger partial charge in [-0.15, -0.1) is 8.78 Å². The lowest BCUT2D eigenvalue weighted by atomic mass is 10.0. The number of aromatic nitrogens is 1. The van der Waals surface area contributed by atoms with Crippen LogP contribution < -0.4 is 9.47 Å². The monoisotopic (exact) mass is 249 g/mol. The van der Waals surface area contributed by atoms with Gasteiger partial charge >= 0.3 is 6.29 Å². The number of para-hydroxylation sites is 1. The fourth-order valence-electron chi connectivity index (χ4n) is 1.95. The predicted molar refractivity (Wildman–Crippen MR) is 60.6 cm³/mol. The van der Waals surface area contributed by atoms with Crippen molar-refractivity contribution in [2.24, 2.45) is 0 Å². The number of alkyl halides is 2. The third kappa shape index (κ3) is 1.68. The number of halogens is 2. The van der Waals surface area contributed by atoms with Crippen LogP contribution in [0.4, 0.5) is 8.78 Å². The number of hydrogen-bond donors (Lipinski definition) is 0. The Kier molecular flexibility index (Phi) is 2.23. The molecule has 18 heavy (non-hydrogen) atoms. The summed E-state index contributed by atoms with van der Waals surface area (Å²) >= 11 is 0. The number of benzene rings is 1. The third-order valence-corrected chi connectivity index (χ3v) is 2.73. The molecule has 92 valence electrons. The molecular weight excluding hydrogens is 240 g/mol. The first kappa shape index (κ1) is 11.0. The maximum absolute atomic E-state index is 13.1. The van der Waals surface area contributed by atoms with Crippen LogP contribution in [0.25, 0.3) is 11.1 Å². The van der Waals surface area contributed by atoms with Crippen LogP contribution >= 0.6 is 0 Å². The largest absolute Gasteiger partial charge is 0.586 e. The van der Waals surface area contributed by atoms with Crippen LogP contribution in [-0.2, 0) is 0 Å². The first-order chi connectivity index (χ1) is 8.57. The Balaban J connectivity index is 2.17. The highest BCUT2D eigenvalue weighted by molar-refractivity contribution is 5.75. The normalized spacial score (nSPS) is 15.7. The van der Waals surface area contributed by atoms with Crippen molar-refractivity contribution in [3.63, 3.8) is 0 Å². The van der Waals surface area contributed by atoms with Gasteiger partial charge in [-0.05, 0) is 19.1 Å². The molecule has 1 aromatic heterocycles. The number of ether oxygens (including phenoxy) is 2. The van der Waals surface area contributed by atoms with Crippen molar-refractivity contribution in [2.45, 2.75) is 13.2 Å². The highest BCUT2D eigenvalue weighted by atomic mass is 19.3. The molecule has 2 heterocycles. The lowest BCUT2D eigenvalue weighted by Gasteiger charge is -2.08. The van der Waals surface area contributed by atoms with Crippen LogP contribution in [0, 0.1) is 6.92 Å². The molecule has 0 bridgehead atoms. The van der Waals surface area contributed by atoms with Crippen molar-refractivity contribution >= 4 is 0 Å². The summed E-state index contributed by atoms with van der Waals surface area (Å²) in [6.45, 7) is 1.81. The quantitative estimate of drug-likeness (QED) is 0.776. The molecule has 2 aromatic rings. The van der Waals surface area contributed by atoms with Gasteiger partial charge in [-0.2, -0.15) is 0 Å². The molecule has 3 rings (SSSR count). The lowest BCUT2D eigenvalue weighted by molar-refractivity contribution is -0.286. The molecular formula is C13H9F2NO2. The summed E-state index contributed by atoms with van der Waals surface area (Å²) in [5, 5.41) is 0. The second-order valence-electron chi connectivity index (χ2n) is 3.94. The fraction of sp³-hybridized carbons (Fsp3) is 0.154. The molecule has 0 fully saturated rings. The van der Waals surface area contributed by atoms with E-state index in [1.165, 1.54) is 6.07 Å². The first-order valence-electron chi connectivity index (χ1n) is 5.38. The van der Waals surface area contributed by atoms with Crippen molar-refractivity contribution in [3.05, 3.63) is 42.2 Å². The van der Waals surface area contributed by atoms with E-state index in [4.69, 9.17) is 0 Å². The van der Waals surface area contributed by atoms with E-state index in [9.17, 15) is 8.78 Å². The van der Waals surface area contributed by atoms with Gasteiger partial charge in [-0.1, -0.05) is 18.2 Å². The van der Waals surface area contributed by atoms with Crippen molar-refractivity contribution < 1.29 is 18.3 Å². The standard InChI is InChI=1S/C13H9F2NO2/c1-8-9(5-3-7-16-8)10-4-2-6-11-12(10)18-13(14,15)17-11/h2-7H,1H3. The topological polar surface area (TPSA) is 31.4 Å². The SMILES string of the molecule is Cc1ncccc1-c1cccc2c1OC(F)(F)O2. The summed E-state index contributed by atoms with van der Waals surface area (Å²) < 4.78 is 35.1. The van der Waals surface area contributed by atoms with Gasteiger partial charge in [0.15, 0.2) is 11.5 Å². The third-order valence-electron chi connectivity index (χ3n) is 2.73. The van der Waals surface area contributed by atoms with Crippen LogP contribution in [0.5, 0.6) is 11.5 Å². The Labute approximate surface area is 102 Å². The van der Waals surface area contributed by atoms with E-state index in [0.717, 1.165) is 11.3 Å². The number of nitrogens with zero attached hydrogens (tertiary/aromatic N) is 1. The number of aryl methyl sites for hydroxylation is 1. The van der Waals surface area contributed by atoms with Gasteiger partial charge in [-0.3, -0.25) is 4.98 Å².